The zero-order valence-corrected chi connectivity index (χ0v) is 11.9. The van der Waals surface area contributed by atoms with Gasteiger partial charge in [0.15, 0.2) is 0 Å². The molecule has 1 aromatic rings. The molecule has 0 radical (unpaired) electrons. The van der Waals surface area contributed by atoms with Gasteiger partial charge in [-0.2, -0.15) is 0 Å². The maximum atomic E-state index is 11.6. The van der Waals surface area contributed by atoms with E-state index >= 15 is 0 Å². The van der Waals surface area contributed by atoms with Crippen LogP contribution in [0.1, 0.15) is 31.9 Å². The molecule has 0 bridgehead atoms. The van der Waals surface area contributed by atoms with E-state index in [0.29, 0.717) is 6.54 Å². The van der Waals surface area contributed by atoms with Gasteiger partial charge in [-0.1, -0.05) is 6.92 Å². The standard InChI is InChI=1S/C14H22N2O3/c1-5-8-15-14(17)16-10(2)12-9-11(18-3)6-7-13(12)19-4/h6-7,9-10H,5,8H2,1-4H3,(H2,15,16,17)/t10-/m0/s1. The molecule has 0 saturated heterocycles. The van der Waals surface area contributed by atoms with Crippen LogP contribution in [0.3, 0.4) is 0 Å². The number of ether oxygens (including phenoxy) is 2. The maximum absolute atomic E-state index is 11.6. The molecule has 5 heteroatoms. The van der Waals surface area contributed by atoms with E-state index in [2.05, 4.69) is 10.6 Å². The third kappa shape index (κ3) is 4.35. The average molecular weight is 266 g/mol. The van der Waals surface area contributed by atoms with Crippen molar-refractivity contribution in [3.8, 4) is 11.5 Å². The van der Waals surface area contributed by atoms with Crippen molar-refractivity contribution in [1.82, 2.24) is 10.6 Å². The molecule has 0 aliphatic carbocycles. The predicted molar refractivity (Wildman–Crippen MR) is 74.8 cm³/mol. The largest absolute Gasteiger partial charge is 0.497 e. The Morgan fingerprint density at radius 3 is 2.63 bits per heavy atom. The number of methoxy groups -OCH3 is 2. The Hall–Kier alpha value is -1.91. The van der Waals surface area contributed by atoms with Gasteiger partial charge < -0.3 is 20.1 Å². The number of carbonyl (C=O) groups is 1. The molecule has 0 fully saturated rings. The number of urea groups is 1. The third-order valence-corrected chi connectivity index (χ3v) is 2.79. The number of amides is 2. The van der Waals surface area contributed by atoms with E-state index in [1.165, 1.54) is 0 Å². The molecule has 5 nitrogen and oxygen atoms in total. The van der Waals surface area contributed by atoms with Gasteiger partial charge in [0.1, 0.15) is 11.5 Å². The molecular formula is C14H22N2O3. The smallest absolute Gasteiger partial charge is 0.315 e. The van der Waals surface area contributed by atoms with Gasteiger partial charge in [0.2, 0.25) is 0 Å². The summed E-state index contributed by atoms with van der Waals surface area (Å²) >= 11 is 0. The predicted octanol–water partition coefficient (Wildman–Crippen LogP) is 2.47. The number of nitrogens with one attached hydrogen (secondary N) is 2. The van der Waals surface area contributed by atoms with Gasteiger partial charge in [0.25, 0.3) is 0 Å². The maximum Gasteiger partial charge on any atom is 0.315 e. The van der Waals surface area contributed by atoms with Crippen LogP contribution in [0.15, 0.2) is 18.2 Å². The van der Waals surface area contributed by atoms with Crippen LogP contribution < -0.4 is 20.1 Å². The molecule has 2 N–H and O–H groups in total. The van der Waals surface area contributed by atoms with Crippen LogP contribution in [-0.2, 0) is 0 Å². The molecule has 0 unspecified atom stereocenters. The van der Waals surface area contributed by atoms with Gasteiger partial charge in [-0.3, -0.25) is 0 Å². The molecule has 106 valence electrons. The second-order valence-corrected chi connectivity index (χ2v) is 4.23. The number of rotatable bonds is 6. The van der Waals surface area contributed by atoms with Gasteiger partial charge in [0, 0.05) is 12.1 Å². The van der Waals surface area contributed by atoms with Crippen molar-refractivity contribution in [2.75, 3.05) is 20.8 Å². The first kappa shape index (κ1) is 15.1. The summed E-state index contributed by atoms with van der Waals surface area (Å²) in [5.74, 6) is 1.46. The van der Waals surface area contributed by atoms with Crippen LogP contribution in [0.5, 0.6) is 11.5 Å². The fraction of sp³-hybridized carbons (Fsp3) is 0.500. The minimum absolute atomic E-state index is 0.165. The Labute approximate surface area is 114 Å². The quantitative estimate of drug-likeness (QED) is 0.831. The van der Waals surface area contributed by atoms with Crippen LogP contribution in [0.25, 0.3) is 0 Å². The van der Waals surface area contributed by atoms with Crippen LogP contribution in [-0.4, -0.2) is 26.8 Å². The molecule has 0 spiro atoms. The molecule has 0 saturated carbocycles. The van der Waals surface area contributed by atoms with Gasteiger partial charge in [-0.25, -0.2) is 4.79 Å². The number of benzene rings is 1. The first-order valence-electron chi connectivity index (χ1n) is 6.38. The van der Waals surface area contributed by atoms with Crippen molar-refractivity contribution < 1.29 is 14.3 Å². The topological polar surface area (TPSA) is 59.6 Å². The van der Waals surface area contributed by atoms with Crippen molar-refractivity contribution in [2.24, 2.45) is 0 Å². The first-order chi connectivity index (χ1) is 9.12. The van der Waals surface area contributed by atoms with E-state index in [0.717, 1.165) is 23.5 Å². The summed E-state index contributed by atoms with van der Waals surface area (Å²) in [5.41, 5.74) is 0.883. The molecule has 0 aliphatic heterocycles. The normalized spacial score (nSPS) is 11.6. The summed E-state index contributed by atoms with van der Waals surface area (Å²) in [5, 5.41) is 5.65. The van der Waals surface area contributed by atoms with Gasteiger partial charge in [0.05, 0.1) is 20.3 Å². The van der Waals surface area contributed by atoms with Gasteiger partial charge in [-0.05, 0) is 31.5 Å². The average Bonchev–Trinajstić information content (AvgIpc) is 2.44. The highest BCUT2D eigenvalue weighted by atomic mass is 16.5. The zero-order chi connectivity index (χ0) is 14.3. The highest BCUT2D eigenvalue weighted by Crippen LogP contribution is 2.29. The summed E-state index contributed by atoms with van der Waals surface area (Å²) in [7, 11) is 3.22. The summed E-state index contributed by atoms with van der Waals surface area (Å²) in [6.07, 6.45) is 0.907. The van der Waals surface area contributed by atoms with Crippen LogP contribution in [0.4, 0.5) is 4.79 Å². The molecule has 2 amide bonds. The lowest BCUT2D eigenvalue weighted by atomic mass is 10.1. The van der Waals surface area contributed by atoms with E-state index in [4.69, 9.17) is 9.47 Å². The Bertz CT molecular complexity index is 421. The molecule has 1 aromatic carbocycles. The zero-order valence-electron chi connectivity index (χ0n) is 11.9. The van der Waals surface area contributed by atoms with E-state index in [-0.39, 0.29) is 12.1 Å². The molecule has 0 aliphatic rings. The fourth-order valence-electron chi connectivity index (χ4n) is 1.74. The summed E-state index contributed by atoms with van der Waals surface area (Å²) in [6, 6.07) is 5.17. The van der Waals surface area contributed by atoms with Crippen molar-refractivity contribution in [1.29, 1.82) is 0 Å². The third-order valence-electron chi connectivity index (χ3n) is 2.79. The summed E-state index contributed by atoms with van der Waals surface area (Å²) in [6.45, 7) is 4.57. The second kappa shape index (κ2) is 7.51. The minimum atomic E-state index is -0.181. The van der Waals surface area contributed by atoms with Crippen molar-refractivity contribution in [3.05, 3.63) is 23.8 Å². The van der Waals surface area contributed by atoms with E-state index in [9.17, 15) is 4.79 Å². The van der Waals surface area contributed by atoms with Gasteiger partial charge in [-0.15, -0.1) is 0 Å². The van der Waals surface area contributed by atoms with E-state index in [1.807, 2.05) is 32.0 Å². The summed E-state index contributed by atoms with van der Waals surface area (Å²) < 4.78 is 10.5. The van der Waals surface area contributed by atoms with Crippen LogP contribution in [0.2, 0.25) is 0 Å². The molecule has 19 heavy (non-hydrogen) atoms. The Kier molecular flexibility index (Phi) is 5.99. The minimum Gasteiger partial charge on any atom is -0.497 e. The van der Waals surface area contributed by atoms with E-state index < -0.39 is 0 Å². The van der Waals surface area contributed by atoms with Crippen LogP contribution in [0, 0.1) is 0 Å². The summed E-state index contributed by atoms with van der Waals surface area (Å²) in [4.78, 5) is 11.6. The lowest BCUT2D eigenvalue weighted by Crippen LogP contribution is -2.37. The molecule has 0 heterocycles. The van der Waals surface area contributed by atoms with Crippen molar-refractivity contribution in [2.45, 2.75) is 26.3 Å². The first-order valence-corrected chi connectivity index (χ1v) is 6.38. The molecule has 1 rings (SSSR count). The monoisotopic (exact) mass is 266 g/mol. The Balaban J connectivity index is 2.79. The molecule has 1 atom stereocenters. The lowest BCUT2D eigenvalue weighted by Gasteiger charge is -2.18. The van der Waals surface area contributed by atoms with Crippen molar-refractivity contribution in [3.63, 3.8) is 0 Å². The Morgan fingerprint density at radius 2 is 2.05 bits per heavy atom. The van der Waals surface area contributed by atoms with E-state index in [1.54, 1.807) is 14.2 Å². The number of carbonyl (C=O) groups excluding carboxylic acids is 1. The number of hydrogen-bond donors (Lipinski definition) is 2. The lowest BCUT2D eigenvalue weighted by molar-refractivity contribution is 0.237. The van der Waals surface area contributed by atoms with Crippen molar-refractivity contribution >= 4 is 6.03 Å². The SMILES string of the molecule is CCCNC(=O)N[C@@H](C)c1cc(OC)ccc1OC. The second-order valence-electron chi connectivity index (χ2n) is 4.23. The Morgan fingerprint density at radius 1 is 1.32 bits per heavy atom. The fourth-order valence-corrected chi connectivity index (χ4v) is 1.74. The highest BCUT2D eigenvalue weighted by Gasteiger charge is 2.14. The number of hydrogen-bond acceptors (Lipinski definition) is 3. The molecular weight excluding hydrogens is 244 g/mol. The van der Waals surface area contributed by atoms with Crippen LogP contribution >= 0.6 is 0 Å². The highest BCUT2D eigenvalue weighted by molar-refractivity contribution is 5.74. The van der Waals surface area contributed by atoms with Gasteiger partial charge >= 0.3 is 6.03 Å². The molecule has 0 aromatic heterocycles.